The van der Waals surface area contributed by atoms with Crippen molar-refractivity contribution in [3.8, 4) is 0 Å². The summed E-state index contributed by atoms with van der Waals surface area (Å²) in [4.78, 5) is 20.4. The minimum atomic E-state index is -0.820. The molecule has 0 unspecified atom stereocenters. The molecule has 0 aromatic carbocycles. The minimum absolute atomic E-state index is 0.116. The molecule has 7 nitrogen and oxygen atoms in total. The summed E-state index contributed by atoms with van der Waals surface area (Å²) in [6, 6.07) is 0. The van der Waals surface area contributed by atoms with E-state index in [1.165, 1.54) is 0 Å². The van der Waals surface area contributed by atoms with Gasteiger partial charge in [-0.1, -0.05) is 0 Å². The van der Waals surface area contributed by atoms with Crippen LogP contribution in [0.3, 0.4) is 0 Å². The second-order valence-corrected chi connectivity index (χ2v) is 3.83. The number of hydrogen-bond acceptors (Lipinski definition) is 5. The SMILES string of the molecule is O=C(O)CCCOCCOCCOCCCC(=O)O. The molecular weight excluding hydrogens is 256 g/mol. The van der Waals surface area contributed by atoms with E-state index in [-0.39, 0.29) is 12.8 Å². The average Bonchev–Trinajstić information content (AvgIpc) is 2.34. The van der Waals surface area contributed by atoms with E-state index >= 15 is 0 Å². The van der Waals surface area contributed by atoms with Gasteiger partial charge in [0.2, 0.25) is 0 Å². The van der Waals surface area contributed by atoms with Crippen molar-refractivity contribution in [2.24, 2.45) is 0 Å². The zero-order chi connectivity index (χ0) is 14.3. The Morgan fingerprint density at radius 3 is 1.26 bits per heavy atom. The van der Waals surface area contributed by atoms with Gasteiger partial charge in [-0.3, -0.25) is 9.59 Å². The molecule has 0 aliphatic heterocycles. The molecule has 0 spiro atoms. The fraction of sp³-hybridized carbons (Fsp3) is 0.833. The van der Waals surface area contributed by atoms with Crippen molar-refractivity contribution in [3.05, 3.63) is 0 Å². The summed E-state index contributed by atoms with van der Waals surface area (Å²) in [5.74, 6) is -1.64. The van der Waals surface area contributed by atoms with Crippen LogP contribution in [0.2, 0.25) is 0 Å². The number of hydrogen-bond donors (Lipinski definition) is 2. The monoisotopic (exact) mass is 278 g/mol. The molecule has 7 heteroatoms. The van der Waals surface area contributed by atoms with Crippen LogP contribution in [0, 0.1) is 0 Å². The lowest BCUT2D eigenvalue weighted by molar-refractivity contribution is -0.138. The van der Waals surface area contributed by atoms with Crippen molar-refractivity contribution >= 4 is 11.9 Å². The van der Waals surface area contributed by atoms with E-state index in [1.807, 2.05) is 0 Å². The highest BCUT2D eigenvalue weighted by atomic mass is 16.5. The summed E-state index contributed by atoms with van der Waals surface area (Å²) in [7, 11) is 0. The Morgan fingerprint density at radius 1 is 0.632 bits per heavy atom. The second kappa shape index (κ2) is 13.3. The lowest BCUT2D eigenvalue weighted by atomic mass is 10.3. The quantitative estimate of drug-likeness (QED) is 0.452. The first-order valence-electron chi connectivity index (χ1n) is 6.29. The summed E-state index contributed by atoms with van der Waals surface area (Å²) < 4.78 is 15.5. The van der Waals surface area contributed by atoms with E-state index in [0.717, 1.165) is 0 Å². The Kier molecular flexibility index (Phi) is 12.4. The number of carboxylic acids is 2. The minimum Gasteiger partial charge on any atom is -0.481 e. The number of carbonyl (C=O) groups is 2. The first-order valence-corrected chi connectivity index (χ1v) is 6.29. The van der Waals surface area contributed by atoms with E-state index in [2.05, 4.69) is 0 Å². The zero-order valence-electron chi connectivity index (χ0n) is 11.0. The number of carboxylic acid groups (broad SMARTS) is 2. The predicted octanol–water partition coefficient (Wildman–Crippen LogP) is 0.766. The van der Waals surface area contributed by atoms with Crippen molar-refractivity contribution < 1.29 is 34.0 Å². The van der Waals surface area contributed by atoms with Crippen LogP contribution < -0.4 is 0 Å². The van der Waals surface area contributed by atoms with Gasteiger partial charge >= 0.3 is 11.9 Å². The van der Waals surface area contributed by atoms with Gasteiger partial charge in [0.25, 0.3) is 0 Å². The first kappa shape index (κ1) is 17.8. The summed E-state index contributed by atoms with van der Waals surface area (Å²) in [6.45, 7) is 2.57. The zero-order valence-corrected chi connectivity index (χ0v) is 11.0. The number of aliphatic carboxylic acids is 2. The molecule has 0 saturated heterocycles. The Hall–Kier alpha value is -1.18. The Bertz CT molecular complexity index is 218. The third-order valence-electron chi connectivity index (χ3n) is 2.10. The number of ether oxygens (including phenoxy) is 3. The topological polar surface area (TPSA) is 102 Å². The van der Waals surface area contributed by atoms with Gasteiger partial charge in [0.05, 0.1) is 26.4 Å². The van der Waals surface area contributed by atoms with E-state index in [0.29, 0.717) is 52.5 Å². The van der Waals surface area contributed by atoms with Crippen LogP contribution in [-0.4, -0.2) is 61.8 Å². The van der Waals surface area contributed by atoms with Crippen LogP contribution >= 0.6 is 0 Å². The Balaban J connectivity index is 2.99. The lowest BCUT2D eigenvalue weighted by Crippen LogP contribution is -2.11. The molecule has 0 heterocycles. The standard InChI is InChI=1S/C12H22O7/c13-11(14)3-1-5-17-7-9-19-10-8-18-6-2-4-12(15)16/h1-10H2,(H,13,14)(H,15,16). The first-order chi connectivity index (χ1) is 9.13. The third-order valence-corrected chi connectivity index (χ3v) is 2.10. The fourth-order valence-corrected chi connectivity index (χ4v) is 1.19. The van der Waals surface area contributed by atoms with Crippen LogP contribution in [0.4, 0.5) is 0 Å². The second-order valence-electron chi connectivity index (χ2n) is 3.83. The normalized spacial score (nSPS) is 10.5. The van der Waals surface area contributed by atoms with Crippen LogP contribution in [-0.2, 0) is 23.8 Å². The highest BCUT2D eigenvalue weighted by molar-refractivity contribution is 5.66. The maximum Gasteiger partial charge on any atom is 0.303 e. The molecule has 0 rings (SSSR count). The molecule has 0 radical (unpaired) electrons. The van der Waals surface area contributed by atoms with Crippen LogP contribution in [0.25, 0.3) is 0 Å². The van der Waals surface area contributed by atoms with Gasteiger partial charge in [-0.05, 0) is 12.8 Å². The fourth-order valence-electron chi connectivity index (χ4n) is 1.19. The predicted molar refractivity (Wildman–Crippen MR) is 66.2 cm³/mol. The highest BCUT2D eigenvalue weighted by Crippen LogP contribution is 1.91. The highest BCUT2D eigenvalue weighted by Gasteiger charge is 1.97. The van der Waals surface area contributed by atoms with Gasteiger partial charge in [0.15, 0.2) is 0 Å². The van der Waals surface area contributed by atoms with Gasteiger partial charge < -0.3 is 24.4 Å². The largest absolute Gasteiger partial charge is 0.481 e. The maximum atomic E-state index is 10.2. The Labute approximate surface area is 112 Å². The number of rotatable bonds is 14. The van der Waals surface area contributed by atoms with Gasteiger partial charge in [0, 0.05) is 26.1 Å². The van der Waals surface area contributed by atoms with Crippen molar-refractivity contribution in [1.29, 1.82) is 0 Å². The molecule has 0 amide bonds. The van der Waals surface area contributed by atoms with E-state index < -0.39 is 11.9 Å². The average molecular weight is 278 g/mol. The van der Waals surface area contributed by atoms with Crippen molar-refractivity contribution in [2.75, 3.05) is 39.6 Å². The Morgan fingerprint density at radius 2 is 0.947 bits per heavy atom. The van der Waals surface area contributed by atoms with Crippen molar-refractivity contribution in [2.45, 2.75) is 25.7 Å². The van der Waals surface area contributed by atoms with E-state index in [1.54, 1.807) is 0 Å². The molecule has 2 N–H and O–H groups in total. The summed E-state index contributed by atoms with van der Waals surface area (Å²) in [6.07, 6.45) is 1.24. The summed E-state index contributed by atoms with van der Waals surface area (Å²) in [5, 5.41) is 16.8. The van der Waals surface area contributed by atoms with Crippen LogP contribution in [0.5, 0.6) is 0 Å². The molecule has 0 aromatic rings. The molecule has 112 valence electrons. The molecule has 0 fully saturated rings. The molecular formula is C12H22O7. The molecule has 0 aliphatic carbocycles. The smallest absolute Gasteiger partial charge is 0.303 e. The third kappa shape index (κ3) is 16.8. The van der Waals surface area contributed by atoms with Gasteiger partial charge in [-0.2, -0.15) is 0 Å². The van der Waals surface area contributed by atoms with Gasteiger partial charge in [-0.15, -0.1) is 0 Å². The summed E-state index contributed by atoms with van der Waals surface area (Å²) in [5.41, 5.74) is 0. The molecule has 19 heavy (non-hydrogen) atoms. The lowest BCUT2D eigenvalue weighted by Gasteiger charge is -2.06. The van der Waals surface area contributed by atoms with Crippen LogP contribution in [0.15, 0.2) is 0 Å². The van der Waals surface area contributed by atoms with Crippen LogP contribution in [0.1, 0.15) is 25.7 Å². The van der Waals surface area contributed by atoms with E-state index in [4.69, 9.17) is 24.4 Å². The molecule has 0 bridgehead atoms. The van der Waals surface area contributed by atoms with Crippen molar-refractivity contribution in [3.63, 3.8) is 0 Å². The molecule has 0 atom stereocenters. The van der Waals surface area contributed by atoms with E-state index in [9.17, 15) is 9.59 Å². The van der Waals surface area contributed by atoms with Crippen molar-refractivity contribution in [1.82, 2.24) is 0 Å². The van der Waals surface area contributed by atoms with Gasteiger partial charge in [-0.25, -0.2) is 0 Å². The maximum absolute atomic E-state index is 10.2. The van der Waals surface area contributed by atoms with Gasteiger partial charge in [0.1, 0.15) is 0 Å². The molecule has 0 aliphatic rings. The summed E-state index contributed by atoms with van der Waals surface area (Å²) >= 11 is 0. The molecule has 0 saturated carbocycles. The molecule has 0 aromatic heterocycles.